The number of nitrogens with zero attached hydrogens (tertiary/aromatic N) is 3. The highest BCUT2D eigenvalue weighted by Gasteiger charge is 2.20. The van der Waals surface area contributed by atoms with Crippen molar-refractivity contribution in [3.8, 4) is 11.3 Å². The number of aliphatic carboxylic acids is 1. The molecule has 92 valence electrons. The zero-order chi connectivity index (χ0) is 13.0. The summed E-state index contributed by atoms with van der Waals surface area (Å²) in [6.07, 6.45) is 4.87. The lowest BCUT2D eigenvalue weighted by Gasteiger charge is -2.10. The lowest BCUT2D eigenvalue weighted by Crippen LogP contribution is -2.27. The number of pyridine rings is 1. The first-order valence-corrected chi connectivity index (χ1v) is 5.36. The molecule has 0 amide bonds. The number of hydrogen-bond acceptors (Lipinski definition) is 5. The van der Waals surface area contributed by atoms with Gasteiger partial charge in [0.15, 0.2) is 11.9 Å². The monoisotopic (exact) mass is 244 g/mol. The second kappa shape index (κ2) is 5.33. The van der Waals surface area contributed by atoms with Crippen LogP contribution in [0.1, 0.15) is 11.9 Å². The maximum atomic E-state index is 11.0. The SMILES string of the molecule is CNC(C(=O)O)c1nccc(-c2cccnc2)n1. The van der Waals surface area contributed by atoms with E-state index in [4.69, 9.17) is 5.11 Å². The van der Waals surface area contributed by atoms with Gasteiger partial charge in [-0.05, 0) is 25.2 Å². The Labute approximate surface area is 104 Å². The Kier molecular flexibility index (Phi) is 3.59. The van der Waals surface area contributed by atoms with Gasteiger partial charge in [0.25, 0.3) is 0 Å². The predicted molar refractivity (Wildman–Crippen MR) is 64.7 cm³/mol. The molecule has 0 bridgehead atoms. The molecule has 0 spiro atoms. The first-order chi connectivity index (χ1) is 8.72. The topological polar surface area (TPSA) is 88.0 Å². The van der Waals surface area contributed by atoms with Crippen molar-refractivity contribution in [2.24, 2.45) is 0 Å². The standard InChI is InChI=1S/C12H12N4O2/c1-13-10(12(17)18)11-15-6-4-9(16-11)8-3-2-5-14-7-8/h2-7,10,13H,1H3,(H,17,18). The van der Waals surface area contributed by atoms with E-state index in [-0.39, 0.29) is 5.82 Å². The van der Waals surface area contributed by atoms with Gasteiger partial charge < -0.3 is 10.4 Å². The van der Waals surface area contributed by atoms with Crippen LogP contribution < -0.4 is 5.32 Å². The fourth-order valence-electron chi connectivity index (χ4n) is 1.55. The normalized spacial score (nSPS) is 12.1. The van der Waals surface area contributed by atoms with Crippen LogP contribution in [0.5, 0.6) is 0 Å². The molecule has 1 unspecified atom stereocenters. The summed E-state index contributed by atoms with van der Waals surface area (Å²) in [5, 5.41) is 11.7. The highest BCUT2D eigenvalue weighted by atomic mass is 16.4. The van der Waals surface area contributed by atoms with E-state index in [1.807, 2.05) is 6.07 Å². The largest absolute Gasteiger partial charge is 0.480 e. The van der Waals surface area contributed by atoms with Crippen LogP contribution in [0, 0.1) is 0 Å². The minimum atomic E-state index is -1.01. The van der Waals surface area contributed by atoms with Crippen LogP contribution >= 0.6 is 0 Å². The molecule has 0 aliphatic carbocycles. The van der Waals surface area contributed by atoms with E-state index < -0.39 is 12.0 Å². The van der Waals surface area contributed by atoms with Crippen molar-refractivity contribution < 1.29 is 9.90 Å². The molecule has 0 aromatic carbocycles. The number of rotatable bonds is 4. The van der Waals surface area contributed by atoms with Crippen LogP contribution in [0.25, 0.3) is 11.3 Å². The first-order valence-electron chi connectivity index (χ1n) is 5.36. The molecular weight excluding hydrogens is 232 g/mol. The van der Waals surface area contributed by atoms with Gasteiger partial charge in [-0.25, -0.2) is 9.97 Å². The van der Waals surface area contributed by atoms with Gasteiger partial charge in [0.2, 0.25) is 0 Å². The summed E-state index contributed by atoms with van der Waals surface area (Å²) in [6.45, 7) is 0. The molecule has 6 nitrogen and oxygen atoms in total. The number of likely N-dealkylation sites (N-methyl/N-ethyl adjacent to an activating group) is 1. The summed E-state index contributed by atoms with van der Waals surface area (Å²) in [7, 11) is 1.55. The van der Waals surface area contributed by atoms with Gasteiger partial charge in [-0.15, -0.1) is 0 Å². The summed E-state index contributed by atoms with van der Waals surface area (Å²) < 4.78 is 0. The molecular formula is C12H12N4O2. The number of aromatic nitrogens is 3. The highest BCUT2D eigenvalue weighted by Crippen LogP contribution is 2.16. The van der Waals surface area contributed by atoms with Crippen molar-refractivity contribution in [1.82, 2.24) is 20.3 Å². The van der Waals surface area contributed by atoms with E-state index in [9.17, 15) is 4.79 Å². The average molecular weight is 244 g/mol. The number of carboxylic acid groups (broad SMARTS) is 1. The van der Waals surface area contributed by atoms with Crippen LogP contribution in [0.15, 0.2) is 36.8 Å². The Morgan fingerprint density at radius 1 is 1.39 bits per heavy atom. The first kappa shape index (κ1) is 12.1. The van der Waals surface area contributed by atoms with E-state index in [1.54, 1.807) is 31.6 Å². The molecule has 1 atom stereocenters. The molecule has 18 heavy (non-hydrogen) atoms. The van der Waals surface area contributed by atoms with Gasteiger partial charge in [0.1, 0.15) is 0 Å². The van der Waals surface area contributed by atoms with Crippen molar-refractivity contribution >= 4 is 5.97 Å². The molecule has 2 rings (SSSR count). The molecule has 0 saturated carbocycles. The molecule has 0 aliphatic heterocycles. The quantitative estimate of drug-likeness (QED) is 0.830. The number of hydrogen-bond donors (Lipinski definition) is 2. The number of carboxylic acids is 1. The Bertz CT molecular complexity index is 545. The predicted octanol–water partition coefficient (Wildman–Crippen LogP) is 0.884. The Hall–Kier alpha value is -2.34. The van der Waals surface area contributed by atoms with Crippen LogP contribution in [0.2, 0.25) is 0 Å². The number of nitrogens with one attached hydrogen (secondary N) is 1. The highest BCUT2D eigenvalue weighted by molar-refractivity contribution is 5.74. The van der Waals surface area contributed by atoms with Crippen LogP contribution in [0.4, 0.5) is 0 Å². The molecule has 2 aromatic heterocycles. The fraction of sp³-hybridized carbons (Fsp3) is 0.167. The molecule has 2 aromatic rings. The molecule has 6 heteroatoms. The molecule has 0 saturated heterocycles. The smallest absolute Gasteiger partial charge is 0.328 e. The molecule has 0 fully saturated rings. The van der Waals surface area contributed by atoms with E-state index in [0.717, 1.165) is 5.56 Å². The summed E-state index contributed by atoms with van der Waals surface area (Å²) >= 11 is 0. The van der Waals surface area contributed by atoms with Crippen molar-refractivity contribution in [3.63, 3.8) is 0 Å². The van der Waals surface area contributed by atoms with Gasteiger partial charge in [-0.1, -0.05) is 0 Å². The van der Waals surface area contributed by atoms with Gasteiger partial charge in [-0.2, -0.15) is 0 Å². The third kappa shape index (κ3) is 2.49. The van der Waals surface area contributed by atoms with Crippen molar-refractivity contribution in [2.75, 3.05) is 7.05 Å². The zero-order valence-electron chi connectivity index (χ0n) is 9.74. The summed E-state index contributed by atoms with van der Waals surface area (Å²) in [6, 6.07) is 4.45. The van der Waals surface area contributed by atoms with Gasteiger partial charge >= 0.3 is 5.97 Å². The molecule has 0 aliphatic rings. The second-order valence-electron chi connectivity index (χ2n) is 3.60. The van der Waals surface area contributed by atoms with Crippen LogP contribution in [-0.4, -0.2) is 33.1 Å². The molecule has 2 heterocycles. The number of carbonyl (C=O) groups is 1. The third-order valence-corrected chi connectivity index (χ3v) is 2.43. The second-order valence-corrected chi connectivity index (χ2v) is 3.60. The van der Waals surface area contributed by atoms with E-state index in [1.165, 1.54) is 6.20 Å². The van der Waals surface area contributed by atoms with Crippen molar-refractivity contribution in [3.05, 3.63) is 42.6 Å². The lowest BCUT2D eigenvalue weighted by atomic mass is 10.2. The van der Waals surface area contributed by atoms with Crippen LogP contribution in [-0.2, 0) is 4.79 Å². The Balaban J connectivity index is 2.39. The van der Waals surface area contributed by atoms with Crippen molar-refractivity contribution in [2.45, 2.75) is 6.04 Å². The van der Waals surface area contributed by atoms with Gasteiger partial charge in [0.05, 0.1) is 5.69 Å². The Morgan fingerprint density at radius 3 is 2.83 bits per heavy atom. The summed E-state index contributed by atoms with van der Waals surface area (Å²) in [5.74, 6) is -0.785. The van der Waals surface area contributed by atoms with E-state index in [2.05, 4.69) is 20.3 Å². The zero-order valence-corrected chi connectivity index (χ0v) is 9.74. The van der Waals surface area contributed by atoms with Crippen molar-refractivity contribution in [1.29, 1.82) is 0 Å². The van der Waals surface area contributed by atoms with Crippen LogP contribution in [0.3, 0.4) is 0 Å². The minimum absolute atomic E-state index is 0.228. The fourth-order valence-corrected chi connectivity index (χ4v) is 1.55. The molecule has 2 N–H and O–H groups in total. The molecule has 0 radical (unpaired) electrons. The van der Waals surface area contributed by atoms with Gasteiger partial charge in [0, 0.05) is 24.2 Å². The van der Waals surface area contributed by atoms with E-state index >= 15 is 0 Å². The van der Waals surface area contributed by atoms with Gasteiger partial charge in [-0.3, -0.25) is 9.78 Å². The lowest BCUT2D eigenvalue weighted by molar-refractivity contribution is -0.139. The summed E-state index contributed by atoms with van der Waals surface area (Å²) in [5.41, 5.74) is 1.47. The summed E-state index contributed by atoms with van der Waals surface area (Å²) in [4.78, 5) is 23.2. The maximum Gasteiger partial charge on any atom is 0.328 e. The average Bonchev–Trinajstić information content (AvgIpc) is 2.40. The Morgan fingerprint density at radius 2 is 2.22 bits per heavy atom. The maximum absolute atomic E-state index is 11.0. The van der Waals surface area contributed by atoms with E-state index in [0.29, 0.717) is 5.69 Å². The minimum Gasteiger partial charge on any atom is -0.480 e. The third-order valence-electron chi connectivity index (χ3n) is 2.43.